The average Bonchev–Trinajstić information content (AvgIpc) is 3.18. The molecular formula is C23H19N3O2S. The molecule has 0 atom stereocenters. The predicted octanol–water partition coefficient (Wildman–Crippen LogP) is 4.76. The SMILES string of the molecule is Cc1ccc(S(=O)(=O)N2Cc3c(-c4ccccc4)n[nH]c3-c3ccccc32)cc1. The molecular weight excluding hydrogens is 382 g/mol. The Morgan fingerprint density at radius 3 is 2.34 bits per heavy atom. The maximum atomic E-state index is 13.5. The fourth-order valence-electron chi connectivity index (χ4n) is 3.76. The van der Waals surface area contributed by atoms with Gasteiger partial charge in [0.15, 0.2) is 0 Å². The molecule has 3 aromatic carbocycles. The maximum absolute atomic E-state index is 13.5. The van der Waals surface area contributed by atoms with Gasteiger partial charge in [-0.15, -0.1) is 0 Å². The largest absolute Gasteiger partial charge is 0.277 e. The van der Waals surface area contributed by atoms with Crippen LogP contribution in [0.15, 0.2) is 83.8 Å². The molecule has 1 N–H and O–H groups in total. The van der Waals surface area contributed by atoms with Gasteiger partial charge in [-0.2, -0.15) is 5.10 Å². The van der Waals surface area contributed by atoms with Crippen LogP contribution in [0.1, 0.15) is 11.1 Å². The maximum Gasteiger partial charge on any atom is 0.264 e. The second kappa shape index (κ2) is 6.60. The Morgan fingerprint density at radius 2 is 1.59 bits per heavy atom. The molecule has 4 aromatic rings. The van der Waals surface area contributed by atoms with Crippen LogP contribution in [0.4, 0.5) is 5.69 Å². The van der Waals surface area contributed by atoms with E-state index in [0.29, 0.717) is 5.69 Å². The molecule has 144 valence electrons. The summed E-state index contributed by atoms with van der Waals surface area (Å²) in [4.78, 5) is 0.283. The molecule has 0 radical (unpaired) electrons. The van der Waals surface area contributed by atoms with Gasteiger partial charge in [-0.05, 0) is 25.1 Å². The molecule has 1 aliphatic heterocycles. The van der Waals surface area contributed by atoms with Gasteiger partial charge in [0.1, 0.15) is 0 Å². The lowest BCUT2D eigenvalue weighted by Gasteiger charge is -2.30. The number of aryl methyl sites for hydroxylation is 1. The van der Waals surface area contributed by atoms with Gasteiger partial charge in [0.2, 0.25) is 0 Å². The summed E-state index contributed by atoms with van der Waals surface area (Å²) in [6, 6.07) is 24.3. The zero-order chi connectivity index (χ0) is 20.0. The van der Waals surface area contributed by atoms with Gasteiger partial charge >= 0.3 is 0 Å². The first-order chi connectivity index (χ1) is 14.1. The fourth-order valence-corrected chi connectivity index (χ4v) is 5.21. The molecule has 0 spiro atoms. The summed E-state index contributed by atoms with van der Waals surface area (Å²) in [5.74, 6) is 0. The highest BCUT2D eigenvalue weighted by atomic mass is 32.2. The van der Waals surface area contributed by atoms with E-state index in [2.05, 4.69) is 10.2 Å². The average molecular weight is 401 g/mol. The summed E-state index contributed by atoms with van der Waals surface area (Å²) in [6.07, 6.45) is 0. The number of hydrogen-bond acceptors (Lipinski definition) is 3. The van der Waals surface area contributed by atoms with Crippen LogP contribution in [0.25, 0.3) is 22.5 Å². The van der Waals surface area contributed by atoms with Crippen LogP contribution in [0.5, 0.6) is 0 Å². The van der Waals surface area contributed by atoms with Crippen molar-refractivity contribution in [3.63, 3.8) is 0 Å². The van der Waals surface area contributed by atoms with Crippen LogP contribution in [0, 0.1) is 6.92 Å². The zero-order valence-electron chi connectivity index (χ0n) is 15.8. The Labute approximate surface area is 169 Å². The zero-order valence-corrected chi connectivity index (χ0v) is 16.6. The molecule has 5 rings (SSSR count). The number of aromatic amines is 1. The van der Waals surface area contributed by atoms with Gasteiger partial charge in [-0.3, -0.25) is 9.40 Å². The normalized spacial score (nSPS) is 13.1. The van der Waals surface area contributed by atoms with E-state index in [1.807, 2.05) is 73.7 Å². The number of benzene rings is 3. The lowest BCUT2D eigenvalue weighted by atomic mass is 9.97. The molecule has 0 saturated carbocycles. The van der Waals surface area contributed by atoms with E-state index in [1.165, 1.54) is 4.31 Å². The van der Waals surface area contributed by atoms with E-state index in [1.54, 1.807) is 12.1 Å². The standard InChI is InChI=1S/C23H19N3O2S/c1-16-11-13-18(14-12-16)29(27,28)26-15-20-22(17-7-3-2-4-8-17)24-25-23(20)19-9-5-6-10-21(19)26/h2-14H,15H2,1H3,(H,24,25). The molecule has 0 saturated heterocycles. The van der Waals surface area contributed by atoms with E-state index in [-0.39, 0.29) is 11.4 Å². The summed E-state index contributed by atoms with van der Waals surface area (Å²) >= 11 is 0. The molecule has 1 aliphatic rings. The molecule has 6 heteroatoms. The molecule has 0 fully saturated rings. The summed E-state index contributed by atoms with van der Waals surface area (Å²) in [7, 11) is -3.72. The predicted molar refractivity (Wildman–Crippen MR) is 114 cm³/mol. The third-order valence-electron chi connectivity index (χ3n) is 5.27. The number of hydrogen-bond donors (Lipinski definition) is 1. The highest BCUT2D eigenvalue weighted by Gasteiger charge is 2.34. The molecule has 0 unspecified atom stereocenters. The van der Waals surface area contributed by atoms with E-state index in [9.17, 15) is 8.42 Å². The van der Waals surface area contributed by atoms with Crippen LogP contribution in [-0.4, -0.2) is 18.6 Å². The van der Waals surface area contributed by atoms with Crippen molar-refractivity contribution in [3.05, 3.63) is 90.0 Å². The number of sulfonamides is 1. The quantitative estimate of drug-likeness (QED) is 0.538. The van der Waals surface area contributed by atoms with Gasteiger partial charge in [0, 0.05) is 16.7 Å². The third-order valence-corrected chi connectivity index (χ3v) is 7.04. The molecule has 29 heavy (non-hydrogen) atoms. The smallest absolute Gasteiger partial charge is 0.264 e. The van der Waals surface area contributed by atoms with Gasteiger partial charge in [0.05, 0.1) is 28.5 Å². The molecule has 0 amide bonds. The fraction of sp³-hybridized carbons (Fsp3) is 0.0870. The van der Waals surface area contributed by atoms with Crippen molar-refractivity contribution in [1.82, 2.24) is 10.2 Å². The first kappa shape index (κ1) is 17.7. The van der Waals surface area contributed by atoms with Crippen LogP contribution >= 0.6 is 0 Å². The van der Waals surface area contributed by atoms with Crippen LogP contribution in [0.3, 0.4) is 0 Å². The minimum absolute atomic E-state index is 0.225. The van der Waals surface area contributed by atoms with Crippen LogP contribution < -0.4 is 4.31 Å². The highest BCUT2D eigenvalue weighted by Crippen LogP contribution is 2.43. The monoisotopic (exact) mass is 401 g/mol. The van der Waals surface area contributed by atoms with Crippen molar-refractivity contribution in [1.29, 1.82) is 0 Å². The molecule has 5 nitrogen and oxygen atoms in total. The summed E-state index contributed by atoms with van der Waals surface area (Å²) in [6.45, 7) is 2.17. The summed E-state index contributed by atoms with van der Waals surface area (Å²) < 4.78 is 28.6. The van der Waals surface area contributed by atoms with Crippen molar-refractivity contribution < 1.29 is 8.42 Å². The Hall–Kier alpha value is -3.38. The molecule has 0 aliphatic carbocycles. The van der Waals surface area contributed by atoms with Crippen molar-refractivity contribution in [2.75, 3.05) is 4.31 Å². The minimum Gasteiger partial charge on any atom is -0.277 e. The number of fused-ring (bicyclic) bond motifs is 3. The van der Waals surface area contributed by atoms with Crippen LogP contribution in [-0.2, 0) is 16.6 Å². The lowest BCUT2D eigenvalue weighted by molar-refractivity contribution is 0.590. The number of H-pyrrole nitrogens is 1. The van der Waals surface area contributed by atoms with Gasteiger partial charge < -0.3 is 0 Å². The first-order valence-corrected chi connectivity index (χ1v) is 10.8. The Balaban J connectivity index is 1.69. The summed E-state index contributed by atoms with van der Waals surface area (Å²) in [5.41, 5.74) is 5.99. The number of anilines is 1. The van der Waals surface area contributed by atoms with E-state index >= 15 is 0 Å². The second-order valence-corrected chi connectivity index (χ2v) is 9.00. The summed E-state index contributed by atoms with van der Waals surface area (Å²) in [5, 5.41) is 7.65. The Bertz CT molecular complexity index is 1280. The Kier molecular flexibility index (Phi) is 4.03. The van der Waals surface area contributed by atoms with Crippen molar-refractivity contribution in [3.8, 4) is 22.5 Å². The highest BCUT2D eigenvalue weighted by molar-refractivity contribution is 7.92. The third kappa shape index (κ3) is 2.84. The minimum atomic E-state index is -3.72. The number of nitrogens with one attached hydrogen (secondary N) is 1. The van der Waals surface area contributed by atoms with Crippen molar-refractivity contribution in [2.45, 2.75) is 18.4 Å². The number of aromatic nitrogens is 2. The molecule has 0 bridgehead atoms. The number of rotatable bonds is 3. The van der Waals surface area contributed by atoms with Gasteiger partial charge in [-0.1, -0.05) is 66.2 Å². The lowest BCUT2D eigenvalue weighted by Crippen LogP contribution is -2.33. The first-order valence-electron chi connectivity index (χ1n) is 9.37. The van der Waals surface area contributed by atoms with E-state index in [0.717, 1.165) is 33.6 Å². The van der Waals surface area contributed by atoms with Crippen molar-refractivity contribution >= 4 is 15.7 Å². The second-order valence-electron chi connectivity index (χ2n) is 7.13. The van der Waals surface area contributed by atoms with Gasteiger partial charge in [0.25, 0.3) is 10.0 Å². The van der Waals surface area contributed by atoms with Crippen molar-refractivity contribution in [2.24, 2.45) is 0 Å². The molecule has 2 heterocycles. The number of nitrogens with zero attached hydrogens (tertiary/aromatic N) is 2. The Morgan fingerprint density at radius 1 is 0.897 bits per heavy atom. The van der Waals surface area contributed by atoms with E-state index < -0.39 is 10.0 Å². The van der Waals surface area contributed by atoms with Crippen LogP contribution in [0.2, 0.25) is 0 Å². The number of para-hydroxylation sites is 1. The topological polar surface area (TPSA) is 66.1 Å². The van der Waals surface area contributed by atoms with E-state index in [4.69, 9.17) is 0 Å². The molecule has 1 aromatic heterocycles. The van der Waals surface area contributed by atoms with Gasteiger partial charge in [-0.25, -0.2) is 8.42 Å².